The second-order valence-electron chi connectivity index (χ2n) is 6.40. The van der Waals surface area contributed by atoms with Crippen molar-refractivity contribution in [3.63, 3.8) is 0 Å². The monoisotopic (exact) mass is 374 g/mol. The quantitative estimate of drug-likeness (QED) is 0.719. The minimum absolute atomic E-state index is 0.0572. The van der Waals surface area contributed by atoms with Gasteiger partial charge in [-0.25, -0.2) is 17.5 Å². The number of nitrogens with one attached hydrogen (secondary N) is 2. The number of pyridine rings is 1. The molecular weight excluding hydrogens is 355 g/mol. The predicted molar refractivity (Wildman–Crippen MR) is 99.1 cm³/mol. The van der Waals surface area contributed by atoms with Gasteiger partial charge in [-0.15, -0.1) is 0 Å². The number of H-pyrrole nitrogens is 1. The molecule has 5 nitrogen and oxygen atoms in total. The highest BCUT2D eigenvalue weighted by Gasteiger charge is 2.15. The van der Waals surface area contributed by atoms with Crippen LogP contribution in [0.3, 0.4) is 0 Å². The smallest absolute Gasteiger partial charge is 0.252 e. The van der Waals surface area contributed by atoms with Gasteiger partial charge < -0.3 is 4.98 Å². The van der Waals surface area contributed by atoms with Gasteiger partial charge >= 0.3 is 0 Å². The molecule has 3 rings (SSSR count). The Labute approximate surface area is 150 Å². The van der Waals surface area contributed by atoms with Crippen LogP contribution in [-0.2, 0) is 16.6 Å². The lowest BCUT2D eigenvalue weighted by atomic mass is 10.0. The molecule has 1 aromatic heterocycles. The maximum absolute atomic E-state index is 13.0. The zero-order chi connectivity index (χ0) is 18.9. The number of aromatic amines is 1. The largest absolute Gasteiger partial charge is 0.322 e. The van der Waals surface area contributed by atoms with Crippen LogP contribution in [0.5, 0.6) is 0 Å². The van der Waals surface area contributed by atoms with E-state index in [-0.39, 0.29) is 17.0 Å². The van der Waals surface area contributed by atoms with Crippen LogP contribution in [-0.4, -0.2) is 13.4 Å². The minimum atomic E-state index is -3.84. The van der Waals surface area contributed by atoms with Crippen LogP contribution in [0.2, 0.25) is 0 Å². The second kappa shape index (κ2) is 7.01. The van der Waals surface area contributed by atoms with Crippen LogP contribution >= 0.6 is 0 Å². The van der Waals surface area contributed by atoms with E-state index < -0.39 is 15.8 Å². The summed E-state index contributed by atoms with van der Waals surface area (Å²) in [7, 11) is -3.84. The summed E-state index contributed by atoms with van der Waals surface area (Å²) in [6.07, 6.45) is 0. The lowest BCUT2D eigenvalue weighted by molar-refractivity contribution is 0.580. The number of sulfonamides is 1. The molecule has 0 amide bonds. The predicted octanol–water partition coefficient (Wildman–Crippen LogP) is 3.27. The van der Waals surface area contributed by atoms with Gasteiger partial charge in [0.25, 0.3) is 5.56 Å². The highest BCUT2D eigenvalue weighted by molar-refractivity contribution is 7.89. The molecule has 0 radical (unpaired) electrons. The van der Waals surface area contributed by atoms with Gasteiger partial charge in [-0.3, -0.25) is 4.79 Å². The fourth-order valence-corrected chi connectivity index (χ4v) is 3.64. The van der Waals surface area contributed by atoms with Crippen molar-refractivity contribution in [1.82, 2.24) is 9.71 Å². The van der Waals surface area contributed by atoms with E-state index in [1.807, 2.05) is 18.2 Å². The summed E-state index contributed by atoms with van der Waals surface area (Å²) in [6, 6.07) is 12.0. The van der Waals surface area contributed by atoms with E-state index in [4.69, 9.17) is 0 Å². The number of rotatable bonds is 5. The molecule has 0 atom stereocenters. The minimum Gasteiger partial charge on any atom is -0.322 e. The lowest BCUT2D eigenvalue weighted by Crippen LogP contribution is -2.27. The number of hydrogen-bond acceptors (Lipinski definition) is 3. The first-order chi connectivity index (χ1) is 12.3. The van der Waals surface area contributed by atoms with Crippen LogP contribution in [0.4, 0.5) is 4.39 Å². The van der Waals surface area contributed by atoms with E-state index in [1.165, 1.54) is 12.1 Å². The molecule has 0 unspecified atom stereocenters. The van der Waals surface area contributed by atoms with Gasteiger partial charge in [-0.1, -0.05) is 19.9 Å². The average molecular weight is 374 g/mol. The van der Waals surface area contributed by atoms with Crippen molar-refractivity contribution < 1.29 is 12.8 Å². The fourth-order valence-electron chi connectivity index (χ4n) is 2.63. The number of halogens is 1. The van der Waals surface area contributed by atoms with Crippen LogP contribution in [0, 0.1) is 5.82 Å². The lowest BCUT2D eigenvalue weighted by Gasteiger charge is -2.09. The molecule has 26 heavy (non-hydrogen) atoms. The Hall–Kier alpha value is -2.51. The highest BCUT2D eigenvalue weighted by Crippen LogP contribution is 2.20. The molecule has 0 aliphatic heterocycles. The standard InChI is InChI=1S/C19H19FN2O3S/c1-12(2)13-3-8-18-14(9-13)10-15(19(23)22-18)11-21-26(24,25)17-6-4-16(20)5-7-17/h3-10,12,21H,11H2,1-2H3,(H,22,23). The SMILES string of the molecule is CC(C)c1ccc2[nH]c(=O)c(CNS(=O)(=O)c3ccc(F)cc3)cc2c1. The molecule has 0 bridgehead atoms. The topological polar surface area (TPSA) is 79.0 Å². The maximum Gasteiger partial charge on any atom is 0.252 e. The number of benzene rings is 2. The van der Waals surface area contributed by atoms with Gasteiger partial charge in [0.2, 0.25) is 10.0 Å². The molecule has 136 valence electrons. The Morgan fingerprint density at radius 1 is 1.08 bits per heavy atom. The summed E-state index contributed by atoms with van der Waals surface area (Å²) in [5.74, 6) is -0.178. The van der Waals surface area contributed by atoms with E-state index in [0.29, 0.717) is 17.0 Å². The molecule has 0 aliphatic rings. The molecule has 0 saturated heterocycles. The number of aromatic nitrogens is 1. The van der Waals surface area contributed by atoms with E-state index in [0.717, 1.165) is 23.1 Å². The summed E-state index contributed by atoms with van der Waals surface area (Å²) in [5.41, 5.74) is 1.78. The Kier molecular flexibility index (Phi) is 4.93. The molecule has 2 N–H and O–H groups in total. The third kappa shape index (κ3) is 3.84. The summed E-state index contributed by atoms with van der Waals surface area (Å²) < 4.78 is 39.9. The van der Waals surface area contributed by atoms with Crippen molar-refractivity contribution in [2.75, 3.05) is 0 Å². The third-order valence-corrected chi connectivity index (χ3v) is 5.61. The van der Waals surface area contributed by atoms with Crippen LogP contribution in [0.1, 0.15) is 30.9 Å². The van der Waals surface area contributed by atoms with Gasteiger partial charge in [0.1, 0.15) is 5.82 Å². The first-order valence-corrected chi connectivity index (χ1v) is 9.66. The molecule has 1 heterocycles. The van der Waals surface area contributed by atoms with Crippen molar-refractivity contribution in [2.24, 2.45) is 0 Å². The van der Waals surface area contributed by atoms with Gasteiger partial charge in [-0.2, -0.15) is 0 Å². The summed E-state index contributed by atoms with van der Waals surface area (Å²) >= 11 is 0. The summed E-state index contributed by atoms with van der Waals surface area (Å²) in [5, 5.41) is 0.840. The van der Waals surface area contributed by atoms with Gasteiger partial charge in [-0.05, 0) is 59.3 Å². The zero-order valence-electron chi connectivity index (χ0n) is 14.4. The van der Waals surface area contributed by atoms with E-state index in [1.54, 1.807) is 6.07 Å². The zero-order valence-corrected chi connectivity index (χ0v) is 15.2. The number of hydrogen-bond donors (Lipinski definition) is 2. The highest BCUT2D eigenvalue weighted by atomic mass is 32.2. The van der Waals surface area contributed by atoms with Crippen molar-refractivity contribution in [3.05, 3.63) is 75.8 Å². The van der Waals surface area contributed by atoms with Crippen molar-refractivity contribution in [1.29, 1.82) is 0 Å². The summed E-state index contributed by atoms with van der Waals surface area (Å²) in [6.45, 7) is 3.99. The first-order valence-electron chi connectivity index (χ1n) is 8.17. The molecule has 0 saturated carbocycles. The molecular formula is C19H19FN2O3S. The maximum atomic E-state index is 13.0. The van der Waals surface area contributed by atoms with Crippen molar-refractivity contribution in [3.8, 4) is 0 Å². The molecule has 2 aromatic carbocycles. The Morgan fingerprint density at radius 2 is 1.77 bits per heavy atom. The van der Waals surface area contributed by atoms with E-state index in [2.05, 4.69) is 23.6 Å². The van der Waals surface area contributed by atoms with E-state index in [9.17, 15) is 17.6 Å². The Balaban J connectivity index is 1.89. The molecule has 0 fully saturated rings. The molecule has 3 aromatic rings. The van der Waals surface area contributed by atoms with Gasteiger partial charge in [0.05, 0.1) is 4.90 Å². The Bertz CT molecular complexity index is 1100. The fraction of sp³-hybridized carbons (Fsp3) is 0.211. The van der Waals surface area contributed by atoms with Gasteiger partial charge in [0, 0.05) is 17.6 Å². The third-order valence-electron chi connectivity index (χ3n) is 4.19. The first kappa shape index (κ1) is 18.3. The van der Waals surface area contributed by atoms with Crippen molar-refractivity contribution >= 4 is 20.9 Å². The van der Waals surface area contributed by atoms with E-state index >= 15 is 0 Å². The normalized spacial score (nSPS) is 12.0. The molecule has 0 spiro atoms. The molecule has 0 aliphatic carbocycles. The van der Waals surface area contributed by atoms with Crippen LogP contribution in [0.15, 0.2) is 58.2 Å². The van der Waals surface area contributed by atoms with Gasteiger partial charge in [0.15, 0.2) is 0 Å². The van der Waals surface area contributed by atoms with Crippen LogP contribution < -0.4 is 10.3 Å². The summed E-state index contributed by atoms with van der Waals surface area (Å²) in [4.78, 5) is 14.9. The Morgan fingerprint density at radius 3 is 2.42 bits per heavy atom. The average Bonchev–Trinajstić information content (AvgIpc) is 2.60. The number of fused-ring (bicyclic) bond motifs is 1. The van der Waals surface area contributed by atoms with Crippen molar-refractivity contribution in [2.45, 2.75) is 31.2 Å². The second-order valence-corrected chi connectivity index (χ2v) is 8.17. The van der Waals surface area contributed by atoms with Crippen LogP contribution in [0.25, 0.3) is 10.9 Å². The molecule has 7 heteroatoms.